The molecule has 100 valence electrons. The van der Waals surface area contributed by atoms with Crippen LogP contribution < -0.4 is 0 Å². The monoisotopic (exact) mass is 296 g/mol. The van der Waals surface area contributed by atoms with Crippen molar-refractivity contribution in [1.82, 2.24) is 9.55 Å². The van der Waals surface area contributed by atoms with E-state index in [1.807, 2.05) is 31.3 Å². The van der Waals surface area contributed by atoms with Crippen LogP contribution in [-0.4, -0.2) is 22.6 Å². The fourth-order valence-corrected chi connectivity index (χ4v) is 2.16. The first-order valence-corrected chi connectivity index (χ1v) is 6.42. The quantitative estimate of drug-likeness (QED) is 0.699. The van der Waals surface area contributed by atoms with E-state index < -0.39 is 5.97 Å². The van der Waals surface area contributed by atoms with E-state index in [1.54, 1.807) is 4.57 Å². The van der Waals surface area contributed by atoms with Crippen LogP contribution >= 0.6 is 23.8 Å². The van der Waals surface area contributed by atoms with Gasteiger partial charge in [-0.15, -0.1) is 0 Å². The van der Waals surface area contributed by atoms with Crippen molar-refractivity contribution in [3.05, 3.63) is 51.0 Å². The van der Waals surface area contributed by atoms with Gasteiger partial charge in [0.1, 0.15) is 5.69 Å². The van der Waals surface area contributed by atoms with E-state index in [2.05, 4.69) is 4.98 Å². The van der Waals surface area contributed by atoms with Crippen molar-refractivity contribution in [3.8, 4) is 0 Å². The van der Waals surface area contributed by atoms with Crippen LogP contribution in [0.4, 0.5) is 0 Å². The minimum absolute atomic E-state index is 0.393. The molecule has 0 atom stereocenters. The van der Waals surface area contributed by atoms with Crippen molar-refractivity contribution in [3.63, 3.8) is 0 Å². The number of esters is 1. The Balaban J connectivity index is 2.41. The number of carbonyl (C=O) groups is 1. The Morgan fingerprint density at radius 3 is 2.63 bits per heavy atom. The lowest BCUT2D eigenvalue weighted by Crippen LogP contribution is -2.08. The summed E-state index contributed by atoms with van der Waals surface area (Å²) >= 11 is 11.0. The highest BCUT2D eigenvalue weighted by Gasteiger charge is 2.17. The zero-order valence-electron chi connectivity index (χ0n) is 10.6. The average molecular weight is 297 g/mol. The fourth-order valence-electron chi connectivity index (χ4n) is 1.83. The van der Waals surface area contributed by atoms with E-state index in [0.717, 1.165) is 11.3 Å². The predicted molar refractivity (Wildman–Crippen MR) is 76.2 cm³/mol. The summed E-state index contributed by atoms with van der Waals surface area (Å²) in [5.41, 5.74) is 2.23. The van der Waals surface area contributed by atoms with Crippen molar-refractivity contribution in [2.75, 3.05) is 7.11 Å². The first kappa shape index (κ1) is 13.8. The Hall–Kier alpha value is -1.59. The normalized spacial score (nSPS) is 10.5. The molecule has 6 heteroatoms. The second-order valence-corrected chi connectivity index (χ2v) is 4.93. The van der Waals surface area contributed by atoms with E-state index in [4.69, 9.17) is 28.6 Å². The van der Waals surface area contributed by atoms with Gasteiger partial charge in [0.2, 0.25) is 0 Å². The number of aromatic amines is 1. The van der Waals surface area contributed by atoms with Gasteiger partial charge in [-0.1, -0.05) is 23.7 Å². The number of H-pyrrole nitrogens is 1. The Morgan fingerprint density at radius 2 is 2.05 bits per heavy atom. The number of hydrogen-bond acceptors (Lipinski definition) is 3. The number of nitrogens with one attached hydrogen (secondary N) is 1. The molecule has 0 radical (unpaired) electrons. The second-order valence-electron chi connectivity index (χ2n) is 4.11. The summed E-state index contributed by atoms with van der Waals surface area (Å²) in [6, 6.07) is 7.46. The number of halogens is 1. The Morgan fingerprint density at radius 1 is 1.42 bits per heavy atom. The van der Waals surface area contributed by atoms with Crippen molar-refractivity contribution in [2.45, 2.75) is 6.42 Å². The molecule has 0 unspecified atom stereocenters. The molecule has 0 saturated heterocycles. The van der Waals surface area contributed by atoms with E-state index in [0.29, 0.717) is 21.9 Å². The fraction of sp³-hybridized carbons (Fsp3) is 0.231. The van der Waals surface area contributed by atoms with Crippen LogP contribution in [0.5, 0.6) is 0 Å². The van der Waals surface area contributed by atoms with Gasteiger partial charge in [0.05, 0.1) is 12.8 Å². The highest BCUT2D eigenvalue weighted by Crippen LogP contribution is 2.17. The maximum absolute atomic E-state index is 11.7. The lowest BCUT2D eigenvalue weighted by molar-refractivity contribution is 0.0593. The first-order valence-electron chi connectivity index (χ1n) is 5.63. The number of hydrogen-bond donors (Lipinski definition) is 1. The highest BCUT2D eigenvalue weighted by molar-refractivity contribution is 7.71. The van der Waals surface area contributed by atoms with Crippen LogP contribution in [0.2, 0.25) is 5.02 Å². The van der Waals surface area contributed by atoms with Gasteiger partial charge >= 0.3 is 5.97 Å². The number of aromatic nitrogens is 2. The van der Waals surface area contributed by atoms with E-state index in [9.17, 15) is 4.79 Å². The average Bonchev–Trinajstić information content (AvgIpc) is 2.68. The predicted octanol–water partition coefficient (Wildman–Crippen LogP) is 3.11. The molecule has 0 aliphatic rings. The zero-order chi connectivity index (χ0) is 14.0. The standard InChI is InChI=1S/C13H13ClN2O2S/c1-16-10(7-8-3-5-9(14)6-4-8)11(12(17)18-2)15-13(16)19/h3-6H,7H2,1-2H3,(H,15,19). The second kappa shape index (κ2) is 5.59. The van der Waals surface area contributed by atoms with Crippen molar-refractivity contribution in [2.24, 2.45) is 7.05 Å². The lowest BCUT2D eigenvalue weighted by atomic mass is 10.1. The molecule has 2 rings (SSSR count). The number of rotatable bonds is 3. The largest absolute Gasteiger partial charge is 0.464 e. The van der Waals surface area contributed by atoms with E-state index >= 15 is 0 Å². The van der Waals surface area contributed by atoms with E-state index in [1.165, 1.54) is 7.11 Å². The number of nitrogens with zero attached hydrogens (tertiary/aromatic N) is 1. The smallest absolute Gasteiger partial charge is 0.356 e. The van der Waals surface area contributed by atoms with Gasteiger partial charge < -0.3 is 14.3 Å². The third-order valence-corrected chi connectivity index (χ3v) is 3.53. The topological polar surface area (TPSA) is 47.0 Å². The molecule has 2 aromatic rings. The van der Waals surface area contributed by atoms with Gasteiger partial charge in [-0.3, -0.25) is 0 Å². The minimum atomic E-state index is -0.421. The molecule has 1 heterocycles. The molecule has 0 spiro atoms. The number of ether oxygens (including phenoxy) is 1. The Bertz CT molecular complexity index is 658. The first-order chi connectivity index (χ1) is 9.02. The van der Waals surface area contributed by atoms with Crippen molar-refractivity contribution >= 4 is 29.8 Å². The van der Waals surface area contributed by atoms with Gasteiger partial charge in [0, 0.05) is 18.5 Å². The lowest BCUT2D eigenvalue weighted by Gasteiger charge is -2.06. The van der Waals surface area contributed by atoms with Crippen molar-refractivity contribution < 1.29 is 9.53 Å². The van der Waals surface area contributed by atoms with Gasteiger partial charge in [-0.25, -0.2) is 4.79 Å². The molecule has 19 heavy (non-hydrogen) atoms. The molecular weight excluding hydrogens is 284 g/mol. The summed E-state index contributed by atoms with van der Waals surface area (Å²) in [6.45, 7) is 0. The molecule has 1 aromatic carbocycles. The number of imidazole rings is 1. The molecule has 0 fully saturated rings. The molecule has 1 aromatic heterocycles. The summed E-state index contributed by atoms with van der Waals surface area (Å²) in [4.78, 5) is 14.6. The molecule has 0 aliphatic carbocycles. The molecule has 1 N–H and O–H groups in total. The van der Waals surface area contributed by atoms with Crippen LogP contribution in [0.25, 0.3) is 0 Å². The Labute approximate surface area is 121 Å². The van der Waals surface area contributed by atoms with Crippen LogP contribution in [0.15, 0.2) is 24.3 Å². The zero-order valence-corrected chi connectivity index (χ0v) is 12.1. The molecule has 0 saturated carbocycles. The third kappa shape index (κ3) is 2.88. The molecule has 0 amide bonds. The van der Waals surface area contributed by atoms with Crippen LogP contribution in [0, 0.1) is 4.77 Å². The molecule has 0 bridgehead atoms. The van der Waals surface area contributed by atoms with E-state index in [-0.39, 0.29) is 0 Å². The summed E-state index contributed by atoms with van der Waals surface area (Å²) in [7, 11) is 3.16. The minimum Gasteiger partial charge on any atom is -0.464 e. The highest BCUT2D eigenvalue weighted by atomic mass is 35.5. The summed E-state index contributed by atoms with van der Waals surface area (Å²) in [6.07, 6.45) is 0.575. The van der Waals surface area contributed by atoms with Crippen LogP contribution in [0.3, 0.4) is 0 Å². The molecule has 0 aliphatic heterocycles. The maximum Gasteiger partial charge on any atom is 0.356 e. The summed E-state index contributed by atoms with van der Waals surface area (Å²) in [5, 5.41) is 0.680. The number of benzene rings is 1. The van der Waals surface area contributed by atoms with Gasteiger partial charge in [0.25, 0.3) is 0 Å². The van der Waals surface area contributed by atoms with Crippen molar-refractivity contribution in [1.29, 1.82) is 0 Å². The summed E-state index contributed by atoms with van der Waals surface area (Å²) in [5.74, 6) is -0.421. The number of methoxy groups -OCH3 is 1. The molecular formula is C13H13ClN2O2S. The molecule has 4 nitrogen and oxygen atoms in total. The van der Waals surface area contributed by atoms with Gasteiger partial charge in [-0.05, 0) is 29.9 Å². The van der Waals surface area contributed by atoms with Crippen LogP contribution in [-0.2, 0) is 18.2 Å². The maximum atomic E-state index is 11.7. The Kier molecular flexibility index (Phi) is 4.07. The number of carbonyl (C=O) groups excluding carboxylic acids is 1. The van der Waals surface area contributed by atoms with Gasteiger partial charge in [-0.2, -0.15) is 0 Å². The SMILES string of the molecule is COC(=O)c1[nH]c(=S)n(C)c1Cc1ccc(Cl)cc1. The summed E-state index contributed by atoms with van der Waals surface area (Å²) < 4.78 is 7.02. The van der Waals surface area contributed by atoms with Crippen LogP contribution in [0.1, 0.15) is 21.7 Å². The third-order valence-electron chi connectivity index (χ3n) is 2.90. The van der Waals surface area contributed by atoms with Gasteiger partial charge in [0.15, 0.2) is 4.77 Å².